The summed E-state index contributed by atoms with van der Waals surface area (Å²) in [5.41, 5.74) is 1.39. The highest BCUT2D eigenvalue weighted by molar-refractivity contribution is 8.00. The first kappa shape index (κ1) is 18.6. The van der Waals surface area contributed by atoms with E-state index in [9.17, 15) is 4.79 Å². The standard InChI is InChI=1S/C21H29BO3S/c1-20(2)21(3,4)25-22(24-20)16-7-5-6-14(10-16)11-19(23)15-12-17-8-9-18(13-15)26-17/h5-7,10,15,17-18H,8-9,11-13H2,1-4H3. The van der Waals surface area contributed by atoms with Gasteiger partial charge in [0.25, 0.3) is 0 Å². The van der Waals surface area contributed by atoms with Gasteiger partial charge in [0.15, 0.2) is 0 Å². The molecule has 1 aromatic carbocycles. The lowest BCUT2D eigenvalue weighted by atomic mass is 9.78. The summed E-state index contributed by atoms with van der Waals surface area (Å²) in [6.45, 7) is 8.26. The molecule has 140 valence electrons. The third-order valence-corrected chi connectivity index (χ3v) is 8.23. The normalized spacial score (nSPS) is 32.0. The van der Waals surface area contributed by atoms with Gasteiger partial charge in [-0.15, -0.1) is 0 Å². The van der Waals surface area contributed by atoms with Crippen molar-refractivity contribution < 1.29 is 14.1 Å². The molecule has 5 heteroatoms. The van der Waals surface area contributed by atoms with Gasteiger partial charge in [0.2, 0.25) is 0 Å². The van der Waals surface area contributed by atoms with E-state index < -0.39 is 0 Å². The SMILES string of the molecule is CC1(C)OB(c2cccc(CC(=O)C3CC4CCC(C3)S4)c2)OC1(C)C. The molecule has 3 heterocycles. The molecule has 0 amide bonds. The monoisotopic (exact) mass is 372 g/mol. The highest BCUT2D eigenvalue weighted by Crippen LogP contribution is 2.46. The summed E-state index contributed by atoms with van der Waals surface area (Å²) in [5.74, 6) is 0.669. The Hall–Kier alpha value is -0.775. The van der Waals surface area contributed by atoms with Crippen molar-refractivity contribution in [2.45, 2.75) is 81.5 Å². The minimum absolute atomic E-state index is 0.259. The summed E-state index contributed by atoms with van der Waals surface area (Å²) < 4.78 is 12.3. The second-order valence-corrected chi connectivity index (χ2v) is 10.7. The molecule has 1 aromatic rings. The molecule has 3 aliphatic heterocycles. The number of hydrogen-bond donors (Lipinski definition) is 0. The molecule has 26 heavy (non-hydrogen) atoms. The minimum Gasteiger partial charge on any atom is -0.399 e. The predicted molar refractivity (Wildman–Crippen MR) is 108 cm³/mol. The van der Waals surface area contributed by atoms with Crippen LogP contribution in [0.1, 0.15) is 58.9 Å². The molecular weight excluding hydrogens is 343 g/mol. The zero-order chi connectivity index (χ0) is 18.5. The van der Waals surface area contributed by atoms with Gasteiger partial charge in [-0.2, -0.15) is 11.8 Å². The number of carbonyl (C=O) groups is 1. The van der Waals surface area contributed by atoms with Gasteiger partial charge < -0.3 is 9.31 Å². The van der Waals surface area contributed by atoms with Crippen molar-refractivity contribution in [2.24, 2.45) is 5.92 Å². The third-order valence-electron chi connectivity index (χ3n) is 6.60. The summed E-state index contributed by atoms with van der Waals surface area (Å²) in [5, 5.41) is 1.44. The van der Waals surface area contributed by atoms with Crippen LogP contribution in [0.5, 0.6) is 0 Å². The summed E-state index contributed by atoms with van der Waals surface area (Å²) in [6.07, 6.45) is 5.29. The van der Waals surface area contributed by atoms with Crippen molar-refractivity contribution in [2.75, 3.05) is 0 Å². The molecule has 3 saturated heterocycles. The molecule has 3 fully saturated rings. The Morgan fingerprint density at radius 2 is 1.73 bits per heavy atom. The number of hydrogen-bond acceptors (Lipinski definition) is 4. The van der Waals surface area contributed by atoms with E-state index in [2.05, 4.69) is 51.6 Å². The Bertz CT molecular complexity index is 674. The smallest absolute Gasteiger partial charge is 0.399 e. The zero-order valence-electron chi connectivity index (χ0n) is 16.3. The molecule has 0 spiro atoms. The number of rotatable bonds is 4. The van der Waals surface area contributed by atoms with E-state index >= 15 is 0 Å². The fourth-order valence-corrected chi connectivity index (χ4v) is 6.07. The van der Waals surface area contributed by atoms with Gasteiger partial charge in [-0.3, -0.25) is 4.79 Å². The van der Waals surface area contributed by atoms with Crippen LogP contribution in [-0.4, -0.2) is 34.6 Å². The maximum absolute atomic E-state index is 12.9. The summed E-state index contributed by atoms with van der Waals surface area (Å²) in [7, 11) is -0.364. The Morgan fingerprint density at radius 3 is 2.35 bits per heavy atom. The Kier molecular flexibility index (Phi) is 4.77. The van der Waals surface area contributed by atoms with Crippen LogP contribution in [0.15, 0.2) is 24.3 Å². The summed E-state index contributed by atoms with van der Waals surface area (Å²) >= 11 is 2.11. The van der Waals surface area contributed by atoms with Crippen LogP contribution in [0.4, 0.5) is 0 Å². The fourth-order valence-electron chi connectivity index (χ4n) is 4.29. The first-order chi connectivity index (χ1) is 12.2. The maximum Gasteiger partial charge on any atom is 0.494 e. The van der Waals surface area contributed by atoms with Crippen molar-refractivity contribution in [3.8, 4) is 0 Å². The number of ketones is 1. The molecule has 0 radical (unpaired) electrons. The lowest BCUT2D eigenvalue weighted by Crippen LogP contribution is -2.41. The topological polar surface area (TPSA) is 35.5 Å². The van der Waals surface area contributed by atoms with Gasteiger partial charge in [0.05, 0.1) is 11.2 Å². The van der Waals surface area contributed by atoms with E-state index in [1.54, 1.807) is 0 Å². The zero-order valence-corrected chi connectivity index (χ0v) is 17.1. The molecule has 2 unspecified atom stereocenters. The highest BCUT2D eigenvalue weighted by Gasteiger charge is 2.51. The molecule has 0 N–H and O–H groups in total. The van der Waals surface area contributed by atoms with E-state index in [0.717, 1.165) is 34.4 Å². The molecule has 3 aliphatic rings. The van der Waals surface area contributed by atoms with Gasteiger partial charge in [0.1, 0.15) is 5.78 Å². The van der Waals surface area contributed by atoms with E-state index in [4.69, 9.17) is 9.31 Å². The van der Waals surface area contributed by atoms with Crippen molar-refractivity contribution >= 4 is 30.1 Å². The number of benzene rings is 1. The molecule has 2 bridgehead atoms. The van der Waals surface area contributed by atoms with Gasteiger partial charge in [-0.25, -0.2) is 0 Å². The Morgan fingerprint density at radius 1 is 1.12 bits per heavy atom. The van der Waals surface area contributed by atoms with Crippen LogP contribution in [0.25, 0.3) is 0 Å². The van der Waals surface area contributed by atoms with Crippen molar-refractivity contribution in [3.05, 3.63) is 29.8 Å². The number of carbonyl (C=O) groups excluding carboxylic acids is 1. The minimum atomic E-state index is -0.364. The number of thioether (sulfide) groups is 1. The van der Waals surface area contributed by atoms with E-state index in [-0.39, 0.29) is 24.2 Å². The van der Waals surface area contributed by atoms with Crippen molar-refractivity contribution in [3.63, 3.8) is 0 Å². The van der Waals surface area contributed by atoms with Crippen molar-refractivity contribution in [1.29, 1.82) is 0 Å². The van der Waals surface area contributed by atoms with Crippen LogP contribution >= 0.6 is 11.8 Å². The maximum atomic E-state index is 12.9. The highest BCUT2D eigenvalue weighted by atomic mass is 32.2. The fraction of sp³-hybridized carbons (Fsp3) is 0.667. The van der Waals surface area contributed by atoms with Crippen LogP contribution in [0, 0.1) is 5.92 Å². The van der Waals surface area contributed by atoms with E-state index in [1.165, 1.54) is 12.8 Å². The molecule has 0 aromatic heterocycles. The molecule has 3 nitrogen and oxygen atoms in total. The largest absolute Gasteiger partial charge is 0.494 e. The lowest BCUT2D eigenvalue weighted by Gasteiger charge is -2.32. The third kappa shape index (κ3) is 3.50. The average Bonchev–Trinajstić information content (AvgIpc) is 3.02. The van der Waals surface area contributed by atoms with Crippen molar-refractivity contribution in [1.82, 2.24) is 0 Å². The van der Waals surface area contributed by atoms with E-state index in [0.29, 0.717) is 12.2 Å². The molecule has 0 aliphatic carbocycles. The predicted octanol–water partition coefficient (Wildman–Crippen LogP) is 3.77. The second-order valence-electron chi connectivity index (χ2n) is 9.10. The first-order valence-electron chi connectivity index (χ1n) is 9.86. The van der Waals surface area contributed by atoms with Gasteiger partial charge >= 0.3 is 7.12 Å². The summed E-state index contributed by atoms with van der Waals surface area (Å²) in [6, 6.07) is 8.20. The van der Waals surface area contributed by atoms with Crippen LogP contribution < -0.4 is 5.46 Å². The number of Topliss-reactive ketones (excluding diaryl/α,β-unsaturated/α-hetero) is 1. The summed E-state index contributed by atoms with van der Waals surface area (Å²) in [4.78, 5) is 12.9. The van der Waals surface area contributed by atoms with Gasteiger partial charge in [-0.1, -0.05) is 24.3 Å². The second kappa shape index (κ2) is 6.68. The Balaban J connectivity index is 1.44. The average molecular weight is 372 g/mol. The van der Waals surface area contributed by atoms with Crippen LogP contribution in [0.2, 0.25) is 0 Å². The van der Waals surface area contributed by atoms with Gasteiger partial charge in [-0.05, 0) is 64.4 Å². The Labute approximate surface area is 161 Å². The van der Waals surface area contributed by atoms with Crippen LogP contribution in [0.3, 0.4) is 0 Å². The van der Waals surface area contributed by atoms with Crippen LogP contribution in [-0.2, 0) is 20.5 Å². The lowest BCUT2D eigenvalue weighted by molar-refractivity contribution is -0.122. The molecule has 0 saturated carbocycles. The molecule has 4 rings (SSSR count). The quantitative estimate of drug-likeness (QED) is 0.754. The first-order valence-corrected chi connectivity index (χ1v) is 10.8. The molecule has 2 atom stereocenters. The number of fused-ring (bicyclic) bond motifs is 2. The molecular formula is C21H29BO3S. The van der Waals surface area contributed by atoms with Gasteiger partial charge in [0, 0.05) is 22.8 Å². The van der Waals surface area contributed by atoms with E-state index in [1.807, 2.05) is 12.1 Å².